The van der Waals surface area contributed by atoms with Gasteiger partial charge in [-0.05, 0) is 62.2 Å². The van der Waals surface area contributed by atoms with Crippen molar-refractivity contribution >= 4 is 28.2 Å². The molecule has 1 amide bonds. The molecule has 3 aromatic rings. The van der Waals surface area contributed by atoms with Crippen LogP contribution < -0.4 is 10.2 Å². The van der Waals surface area contributed by atoms with Gasteiger partial charge in [-0.3, -0.25) is 4.79 Å². The monoisotopic (exact) mass is 377 g/mol. The Bertz CT molecular complexity index is 1020. The first-order chi connectivity index (χ1) is 13.5. The van der Waals surface area contributed by atoms with Gasteiger partial charge in [0.15, 0.2) is 0 Å². The molecule has 0 atom stereocenters. The number of morpholine rings is 1. The van der Waals surface area contributed by atoms with Crippen LogP contribution in [0, 0.1) is 20.8 Å². The summed E-state index contributed by atoms with van der Waals surface area (Å²) in [6, 6.07) is 12.5. The molecular weight excluding hydrogens is 350 g/mol. The van der Waals surface area contributed by atoms with Gasteiger partial charge >= 0.3 is 0 Å². The minimum atomic E-state index is 0.00716. The average molecular weight is 377 g/mol. The molecule has 1 aliphatic rings. The molecule has 2 aromatic carbocycles. The Morgan fingerprint density at radius 1 is 1.11 bits per heavy atom. The van der Waals surface area contributed by atoms with Crippen LogP contribution in [0.4, 0.5) is 11.4 Å². The van der Waals surface area contributed by atoms with Gasteiger partial charge in [0.25, 0.3) is 0 Å². The van der Waals surface area contributed by atoms with Crippen molar-refractivity contribution in [3.8, 4) is 0 Å². The first-order valence-corrected chi connectivity index (χ1v) is 9.82. The van der Waals surface area contributed by atoms with Crippen molar-refractivity contribution in [2.75, 3.05) is 36.5 Å². The molecule has 1 aliphatic heterocycles. The molecular formula is C23H27N3O2. The Morgan fingerprint density at radius 3 is 2.64 bits per heavy atom. The highest BCUT2D eigenvalue weighted by molar-refractivity contribution is 5.97. The number of aromatic amines is 1. The van der Waals surface area contributed by atoms with Crippen molar-refractivity contribution in [1.29, 1.82) is 0 Å². The number of aryl methyl sites for hydroxylation is 3. The number of nitrogens with one attached hydrogen (secondary N) is 2. The third-order valence-corrected chi connectivity index (χ3v) is 5.47. The molecule has 0 spiro atoms. The number of hydrogen-bond acceptors (Lipinski definition) is 3. The van der Waals surface area contributed by atoms with Gasteiger partial charge in [0.1, 0.15) is 0 Å². The van der Waals surface area contributed by atoms with E-state index in [0.717, 1.165) is 59.7 Å². The first kappa shape index (κ1) is 18.6. The fourth-order valence-electron chi connectivity index (χ4n) is 3.89. The van der Waals surface area contributed by atoms with E-state index in [1.165, 1.54) is 11.3 Å². The van der Waals surface area contributed by atoms with Gasteiger partial charge in [0.05, 0.1) is 19.6 Å². The summed E-state index contributed by atoms with van der Waals surface area (Å²) in [5, 5.41) is 4.22. The molecule has 28 heavy (non-hydrogen) atoms. The van der Waals surface area contributed by atoms with Crippen molar-refractivity contribution in [2.24, 2.45) is 0 Å². The summed E-state index contributed by atoms with van der Waals surface area (Å²) in [7, 11) is 0. The number of H-pyrrole nitrogens is 1. The molecule has 0 aliphatic carbocycles. The molecule has 0 saturated carbocycles. The van der Waals surface area contributed by atoms with Crippen molar-refractivity contribution in [3.63, 3.8) is 0 Å². The van der Waals surface area contributed by atoms with Crippen molar-refractivity contribution in [2.45, 2.75) is 27.2 Å². The summed E-state index contributed by atoms with van der Waals surface area (Å²) in [4.78, 5) is 18.4. The van der Waals surface area contributed by atoms with Gasteiger partial charge in [0.2, 0.25) is 5.91 Å². The number of aromatic nitrogens is 1. The topological polar surface area (TPSA) is 57.4 Å². The summed E-state index contributed by atoms with van der Waals surface area (Å²) in [6.07, 6.45) is 0.361. The average Bonchev–Trinajstić information content (AvgIpc) is 2.99. The van der Waals surface area contributed by atoms with Gasteiger partial charge in [0, 0.05) is 41.1 Å². The van der Waals surface area contributed by atoms with E-state index in [-0.39, 0.29) is 5.91 Å². The Morgan fingerprint density at radius 2 is 1.89 bits per heavy atom. The number of anilines is 2. The largest absolute Gasteiger partial charge is 0.378 e. The van der Waals surface area contributed by atoms with E-state index in [4.69, 9.17) is 4.74 Å². The van der Waals surface area contributed by atoms with Crippen molar-refractivity contribution in [1.82, 2.24) is 4.98 Å². The van der Waals surface area contributed by atoms with Crippen LogP contribution in [0.1, 0.15) is 22.4 Å². The highest BCUT2D eigenvalue weighted by atomic mass is 16.5. The smallest absolute Gasteiger partial charge is 0.228 e. The molecule has 0 unspecified atom stereocenters. The molecule has 146 valence electrons. The molecule has 5 heteroatoms. The number of carbonyl (C=O) groups is 1. The number of carbonyl (C=O) groups excluding carboxylic acids is 1. The quantitative estimate of drug-likeness (QED) is 0.719. The molecule has 1 aromatic heterocycles. The van der Waals surface area contributed by atoms with Crippen LogP contribution in [0.2, 0.25) is 0 Å². The maximum Gasteiger partial charge on any atom is 0.228 e. The molecule has 1 fully saturated rings. The van der Waals surface area contributed by atoms with Crippen LogP contribution in [-0.4, -0.2) is 37.2 Å². The van der Waals surface area contributed by atoms with E-state index in [2.05, 4.69) is 52.5 Å². The zero-order valence-corrected chi connectivity index (χ0v) is 16.8. The summed E-state index contributed by atoms with van der Waals surface area (Å²) < 4.78 is 5.42. The normalized spacial score (nSPS) is 14.5. The lowest BCUT2D eigenvalue weighted by molar-refractivity contribution is -0.115. The Kier molecular flexibility index (Phi) is 5.09. The van der Waals surface area contributed by atoms with Crippen LogP contribution in [0.25, 0.3) is 10.9 Å². The summed E-state index contributed by atoms with van der Waals surface area (Å²) in [5.74, 6) is 0.00716. The van der Waals surface area contributed by atoms with E-state index in [9.17, 15) is 4.79 Å². The van der Waals surface area contributed by atoms with Gasteiger partial charge in [-0.25, -0.2) is 0 Å². The summed E-state index contributed by atoms with van der Waals surface area (Å²) in [5.41, 5.74) is 7.52. The van der Waals surface area contributed by atoms with E-state index < -0.39 is 0 Å². The maximum atomic E-state index is 12.7. The third-order valence-electron chi connectivity index (χ3n) is 5.47. The van der Waals surface area contributed by atoms with Gasteiger partial charge in [-0.15, -0.1) is 0 Å². The zero-order chi connectivity index (χ0) is 19.7. The molecule has 0 radical (unpaired) electrons. The number of ether oxygens (including phenoxy) is 1. The van der Waals surface area contributed by atoms with Crippen molar-refractivity contribution < 1.29 is 9.53 Å². The van der Waals surface area contributed by atoms with E-state index in [1.807, 2.05) is 19.9 Å². The molecule has 1 saturated heterocycles. The SMILES string of the molecule is Cc1ccc2[nH]c(C)c(CC(=O)Nc3ccc(N4CCOCC4)cc3C)c2c1. The zero-order valence-electron chi connectivity index (χ0n) is 16.8. The van der Waals surface area contributed by atoms with Gasteiger partial charge < -0.3 is 19.9 Å². The van der Waals surface area contributed by atoms with Crippen molar-refractivity contribution in [3.05, 3.63) is 58.8 Å². The minimum absolute atomic E-state index is 0.00716. The lowest BCUT2D eigenvalue weighted by atomic mass is 10.1. The van der Waals surface area contributed by atoms with Crippen LogP contribution in [0.3, 0.4) is 0 Å². The second kappa shape index (κ2) is 7.68. The van der Waals surface area contributed by atoms with Crippen LogP contribution in [-0.2, 0) is 16.0 Å². The fourth-order valence-corrected chi connectivity index (χ4v) is 3.89. The van der Waals surface area contributed by atoms with E-state index in [1.54, 1.807) is 0 Å². The van der Waals surface area contributed by atoms with Gasteiger partial charge in [-0.2, -0.15) is 0 Å². The number of benzene rings is 2. The maximum absolute atomic E-state index is 12.7. The number of hydrogen-bond donors (Lipinski definition) is 2. The Hall–Kier alpha value is -2.79. The second-order valence-corrected chi connectivity index (χ2v) is 7.60. The molecule has 2 N–H and O–H groups in total. The molecule has 0 bridgehead atoms. The van der Waals surface area contributed by atoms with Crippen LogP contribution >= 0.6 is 0 Å². The number of nitrogens with zero attached hydrogens (tertiary/aromatic N) is 1. The van der Waals surface area contributed by atoms with E-state index >= 15 is 0 Å². The number of rotatable bonds is 4. The molecule has 2 heterocycles. The number of amides is 1. The summed E-state index contributed by atoms with van der Waals surface area (Å²) in [6.45, 7) is 9.49. The predicted octanol–water partition coefficient (Wildman–Crippen LogP) is 4.11. The third kappa shape index (κ3) is 3.76. The number of fused-ring (bicyclic) bond motifs is 1. The van der Waals surface area contributed by atoms with E-state index in [0.29, 0.717) is 6.42 Å². The Labute approximate surface area is 165 Å². The molecule has 5 nitrogen and oxygen atoms in total. The molecule has 4 rings (SSSR count). The minimum Gasteiger partial charge on any atom is -0.378 e. The highest BCUT2D eigenvalue weighted by Crippen LogP contribution is 2.26. The van der Waals surface area contributed by atoms with Crippen LogP contribution in [0.5, 0.6) is 0 Å². The first-order valence-electron chi connectivity index (χ1n) is 9.82. The second-order valence-electron chi connectivity index (χ2n) is 7.60. The lowest BCUT2D eigenvalue weighted by Gasteiger charge is -2.29. The fraction of sp³-hybridized carbons (Fsp3) is 0.348. The predicted molar refractivity (Wildman–Crippen MR) is 114 cm³/mol. The standard InChI is InChI=1S/C23H27N3O2/c1-15-4-6-22-20(12-15)19(17(3)24-22)14-23(27)25-21-7-5-18(13-16(21)2)26-8-10-28-11-9-26/h4-7,12-13,24H,8-11,14H2,1-3H3,(H,25,27). The Balaban J connectivity index is 1.50. The highest BCUT2D eigenvalue weighted by Gasteiger charge is 2.15. The van der Waals surface area contributed by atoms with Crippen LogP contribution in [0.15, 0.2) is 36.4 Å². The lowest BCUT2D eigenvalue weighted by Crippen LogP contribution is -2.36. The summed E-state index contributed by atoms with van der Waals surface area (Å²) >= 11 is 0. The van der Waals surface area contributed by atoms with Gasteiger partial charge in [-0.1, -0.05) is 11.6 Å².